The number of anilines is 1. The highest BCUT2D eigenvalue weighted by Gasteiger charge is 2.34. The van der Waals surface area contributed by atoms with Crippen LogP contribution >= 0.6 is 15.9 Å². The molecular formula is C14H17BrF3N3O. The van der Waals surface area contributed by atoms with Crippen LogP contribution in [0.4, 0.5) is 18.9 Å². The lowest BCUT2D eigenvalue weighted by atomic mass is 10.1. The van der Waals surface area contributed by atoms with Crippen molar-refractivity contribution in [3.63, 3.8) is 0 Å². The monoisotopic (exact) mass is 379 g/mol. The zero-order chi connectivity index (χ0) is 16.3. The highest BCUT2D eigenvalue weighted by atomic mass is 79.9. The zero-order valence-electron chi connectivity index (χ0n) is 11.8. The van der Waals surface area contributed by atoms with E-state index in [-0.39, 0.29) is 11.8 Å². The number of likely N-dealkylation sites (tertiary alicyclic amines) is 1. The molecule has 1 heterocycles. The van der Waals surface area contributed by atoms with E-state index in [1.54, 1.807) is 18.2 Å². The molecule has 0 aromatic heterocycles. The van der Waals surface area contributed by atoms with Crippen LogP contribution in [0.1, 0.15) is 16.8 Å². The van der Waals surface area contributed by atoms with Crippen molar-refractivity contribution in [2.75, 3.05) is 31.9 Å². The number of nitrogens with one attached hydrogen (secondary N) is 1. The number of halogens is 4. The van der Waals surface area contributed by atoms with Crippen LogP contribution in [-0.4, -0.2) is 43.2 Å². The maximum atomic E-state index is 12.3. The summed E-state index contributed by atoms with van der Waals surface area (Å²) >= 11 is 3.26. The zero-order valence-corrected chi connectivity index (χ0v) is 13.4. The van der Waals surface area contributed by atoms with E-state index in [0.717, 1.165) is 4.47 Å². The molecule has 1 aliphatic rings. The van der Waals surface area contributed by atoms with Crippen LogP contribution in [0.15, 0.2) is 22.7 Å². The Bertz CT molecular complexity index is 551. The molecule has 1 aromatic rings. The number of rotatable bonds is 4. The van der Waals surface area contributed by atoms with Gasteiger partial charge in [-0.25, -0.2) is 0 Å². The number of benzene rings is 1. The first-order valence-corrected chi connectivity index (χ1v) is 7.66. The first kappa shape index (κ1) is 17.1. The summed E-state index contributed by atoms with van der Waals surface area (Å²) in [6.45, 7) is 0.204. The number of nitrogen functional groups attached to an aromatic ring is 1. The standard InChI is InChI=1S/C14H17BrF3N3O/c15-10-1-2-11(12(19)5-10)13(22)20-6-9-3-4-21(7-9)8-14(16,17)18/h1-2,5,9H,3-4,6-8,19H2,(H,20,22). The minimum Gasteiger partial charge on any atom is -0.398 e. The van der Waals surface area contributed by atoms with Crippen molar-refractivity contribution in [3.05, 3.63) is 28.2 Å². The lowest BCUT2D eigenvalue weighted by molar-refractivity contribution is -0.143. The molecule has 22 heavy (non-hydrogen) atoms. The fourth-order valence-corrected chi connectivity index (χ4v) is 2.93. The van der Waals surface area contributed by atoms with E-state index in [9.17, 15) is 18.0 Å². The maximum absolute atomic E-state index is 12.3. The van der Waals surface area contributed by atoms with Crippen molar-refractivity contribution in [1.29, 1.82) is 0 Å². The number of alkyl halides is 3. The molecule has 2 rings (SSSR count). The normalized spacial score (nSPS) is 19.4. The van der Waals surface area contributed by atoms with Gasteiger partial charge in [0.1, 0.15) is 0 Å². The number of hydrogen-bond acceptors (Lipinski definition) is 3. The Labute approximate surface area is 135 Å². The highest BCUT2D eigenvalue weighted by Crippen LogP contribution is 2.23. The maximum Gasteiger partial charge on any atom is 0.401 e. The second-order valence-electron chi connectivity index (χ2n) is 5.45. The fourth-order valence-electron chi connectivity index (χ4n) is 2.55. The van der Waals surface area contributed by atoms with Gasteiger partial charge in [0.05, 0.1) is 12.1 Å². The van der Waals surface area contributed by atoms with Gasteiger partial charge >= 0.3 is 6.18 Å². The van der Waals surface area contributed by atoms with Crippen molar-refractivity contribution < 1.29 is 18.0 Å². The van der Waals surface area contributed by atoms with Gasteiger partial charge in [0.25, 0.3) is 5.91 Å². The van der Waals surface area contributed by atoms with E-state index < -0.39 is 12.7 Å². The minimum absolute atomic E-state index is 0.0305. The molecule has 1 aliphatic heterocycles. The quantitative estimate of drug-likeness (QED) is 0.790. The van der Waals surface area contributed by atoms with Crippen LogP contribution < -0.4 is 11.1 Å². The summed E-state index contributed by atoms with van der Waals surface area (Å²) in [7, 11) is 0. The van der Waals surface area contributed by atoms with Gasteiger partial charge in [-0.15, -0.1) is 0 Å². The van der Waals surface area contributed by atoms with Gasteiger partial charge < -0.3 is 11.1 Å². The Morgan fingerprint density at radius 2 is 2.18 bits per heavy atom. The molecule has 1 amide bonds. The third-order valence-electron chi connectivity index (χ3n) is 3.58. The van der Waals surface area contributed by atoms with E-state index in [1.807, 2.05) is 0 Å². The summed E-state index contributed by atoms with van der Waals surface area (Å²) < 4.78 is 37.7. The predicted octanol–water partition coefficient (Wildman–Crippen LogP) is 2.65. The number of carbonyl (C=O) groups excluding carboxylic acids is 1. The Morgan fingerprint density at radius 3 is 2.82 bits per heavy atom. The summed E-state index contributed by atoms with van der Waals surface area (Å²) in [5, 5.41) is 2.74. The van der Waals surface area contributed by atoms with Crippen LogP contribution in [0.3, 0.4) is 0 Å². The summed E-state index contributed by atoms with van der Waals surface area (Å²) in [4.78, 5) is 13.4. The molecule has 0 spiro atoms. The summed E-state index contributed by atoms with van der Waals surface area (Å²) in [5.41, 5.74) is 6.50. The van der Waals surface area contributed by atoms with Crippen molar-refractivity contribution in [1.82, 2.24) is 10.2 Å². The molecule has 1 saturated heterocycles. The van der Waals surface area contributed by atoms with Gasteiger partial charge in [0.2, 0.25) is 0 Å². The van der Waals surface area contributed by atoms with Crippen LogP contribution in [-0.2, 0) is 0 Å². The van der Waals surface area contributed by atoms with Gasteiger partial charge in [-0.05, 0) is 37.1 Å². The van der Waals surface area contributed by atoms with Crippen LogP contribution in [0, 0.1) is 5.92 Å². The van der Waals surface area contributed by atoms with Gasteiger partial charge in [-0.1, -0.05) is 15.9 Å². The van der Waals surface area contributed by atoms with Gasteiger partial charge in [-0.2, -0.15) is 13.2 Å². The van der Waals surface area contributed by atoms with E-state index in [4.69, 9.17) is 5.73 Å². The first-order valence-electron chi connectivity index (χ1n) is 6.87. The van der Waals surface area contributed by atoms with Crippen LogP contribution in [0.25, 0.3) is 0 Å². The van der Waals surface area contributed by atoms with E-state index in [2.05, 4.69) is 21.2 Å². The molecule has 4 nitrogen and oxygen atoms in total. The van der Waals surface area contributed by atoms with Crippen molar-refractivity contribution in [2.45, 2.75) is 12.6 Å². The molecule has 1 fully saturated rings. The number of nitrogens with two attached hydrogens (primary N) is 1. The molecule has 122 valence electrons. The highest BCUT2D eigenvalue weighted by molar-refractivity contribution is 9.10. The Balaban J connectivity index is 1.82. The SMILES string of the molecule is Nc1cc(Br)ccc1C(=O)NCC1CCN(CC(F)(F)F)C1. The third-order valence-corrected chi connectivity index (χ3v) is 4.08. The summed E-state index contributed by atoms with van der Waals surface area (Å²) in [5.74, 6) is -0.276. The number of hydrogen-bond donors (Lipinski definition) is 2. The molecular weight excluding hydrogens is 363 g/mol. The Kier molecular flexibility index (Phi) is 5.33. The molecule has 0 radical (unpaired) electrons. The van der Waals surface area contributed by atoms with E-state index >= 15 is 0 Å². The lowest BCUT2D eigenvalue weighted by Crippen LogP contribution is -2.34. The van der Waals surface area contributed by atoms with Gasteiger partial charge in [0, 0.05) is 23.2 Å². The Hall–Kier alpha value is -1.28. The molecule has 3 N–H and O–H groups in total. The first-order chi connectivity index (χ1) is 10.2. The van der Waals surface area contributed by atoms with Crippen molar-refractivity contribution >= 4 is 27.5 Å². The molecule has 1 unspecified atom stereocenters. The second-order valence-corrected chi connectivity index (χ2v) is 6.36. The van der Waals surface area contributed by atoms with Crippen molar-refractivity contribution in [3.8, 4) is 0 Å². The molecule has 0 bridgehead atoms. The topological polar surface area (TPSA) is 58.4 Å². The molecule has 8 heteroatoms. The smallest absolute Gasteiger partial charge is 0.398 e. The molecule has 0 saturated carbocycles. The number of carbonyl (C=O) groups is 1. The van der Waals surface area contributed by atoms with Crippen molar-refractivity contribution in [2.24, 2.45) is 5.92 Å². The van der Waals surface area contributed by atoms with E-state index in [0.29, 0.717) is 37.3 Å². The largest absolute Gasteiger partial charge is 0.401 e. The molecule has 0 aliphatic carbocycles. The van der Waals surface area contributed by atoms with Gasteiger partial charge in [0.15, 0.2) is 0 Å². The predicted molar refractivity (Wildman–Crippen MR) is 81.5 cm³/mol. The van der Waals surface area contributed by atoms with Gasteiger partial charge in [-0.3, -0.25) is 9.69 Å². The summed E-state index contributed by atoms with van der Waals surface area (Å²) in [6, 6.07) is 4.96. The molecule has 1 atom stereocenters. The summed E-state index contributed by atoms with van der Waals surface area (Å²) in [6.07, 6.45) is -3.53. The molecule has 1 aromatic carbocycles. The minimum atomic E-state index is -4.18. The number of amides is 1. The average molecular weight is 380 g/mol. The third kappa shape index (κ3) is 4.88. The fraction of sp³-hybridized carbons (Fsp3) is 0.500. The van der Waals surface area contributed by atoms with Crippen LogP contribution in [0.2, 0.25) is 0 Å². The number of nitrogens with zero attached hydrogens (tertiary/aromatic N) is 1. The second kappa shape index (κ2) is 6.87. The lowest BCUT2D eigenvalue weighted by Gasteiger charge is -2.18. The van der Waals surface area contributed by atoms with Crippen LogP contribution in [0.5, 0.6) is 0 Å². The van der Waals surface area contributed by atoms with E-state index in [1.165, 1.54) is 4.90 Å². The average Bonchev–Trinajstić information content (AvgIpc) is 2.81. The Morgan fingerprint density at radius 1 is 1.45 bits per heavy atom.